The highest BCUT2D eigenvalue weighted by Crippen LogP contribution is 2.26. The third kappa shape index (κ3) is 2.89. The second-order valence-electron chi connectivity index (χ2n) is 4.93. The molecular formula is C14H18ClN3O2S. The monoisotopic (exact) mass is 327 g/mol. The molecule has 1 aliphatic heterocycles. The number of piperazine rings is 1. The van der Waals surface area contributed by atoms with E-state index in [-0.39, 0.29) is 12.4 Å². The highest BCUT2D eigenvalue weighted by atomic mass is 35.5. The minimum atomic E-state index is -3.45. The summed E-state index contributed by atoms with van der Waals surface area (Å²) in [6.45, 7) is 4.36. The van der Waals surface area contributed by atoms with Crippen LogP contribution in [0.5, 0.6) is 0 Å². The smallest absolute Gasteiger partial charge is 0.243 e. The van der Waals surface area contributed by atoms with Crippen molar-refractivity contribution < 1.29 is 8.42 Å². The standard InChI is InChI=1S/C14H17N3O2S.ClH/c1-11-4-5-13(12-3-2-6-16-14(11)12)20(18,19)17-9-7-15-8-10-17;/h2-6,15H,7-10H2,1H3;1H. The van der Waals surface area contributed by atoms with E-state index in [0.29, 0.717) is 36.5 Å². The Labute approximate surface area is 130 Å². The molecule has 1 fully saturated rings. The maximum absolute atomic E-state index is 12.8. The summed E-state index contributed by atoms with van der Waals surface area (Å²) in [5.41, 5.74) is 1.74. The number of halogens is 1. The molecule has 1 saturated heterocycles. The Morgan fingerprint density at radius 1 is 1.19 bits per heavy atom. The van der Waals surface area contributed by atoms with Crippen molar-refractivity contribution in [3.05, 3.63) is 36.0 Å². The summed E-state index contributed by atoms with van der Waals surface area (Å²) >= 11 is 0. The summed E-state index contributed by atoms with van der Waals surface area (Å²) in [6, 6.07) is 7.12. The average Bonchev–Trinajstić information content (AvgIpc) is 2.48. The van der Waals surface area contributed by atoms with E-state index in [1.807, 2.05) is 19.1 Å². The van der Waals surface area contributed by atoms with Gasteiger partial charge in [-0.1, -0.05) is 6.07 Å². The molecule has 0 aliphatic carbocycles. The molecule has 0 radical (unpaired) electrons. The van der Waals surface area contributed by atoms with E-state index in [4.69, 9.17) is 0 Å². The molecule has 1 aromatic heterocycles. The summed E-state index contributed by atoms with van der Waals surface area (Å²) < 4.78 is 27.1. The number of benzene rings is 1. The normalized spacial score (nSPS) is 16.6. The summed E-state index contributed by atoms with van der Waals surface area (Å²) in [4.78, 5) is 4.66. The molecule has 0 atom stereocenters. The molecule has 0 unspecified atom stereocenters. The highest BCUT2D eigenvalue weighted by Gasteiger charge is 2.27. The fraction of sp³-hybridized carbons (Fsp3) is 0.357. The molecule has 21 heavy (non-hydrogen) atoms. The van der Waals surface area contributed by atoms with Gasteiger partial charge in [-0.3, -0.25) is 4.98 Å². The van der Waals surface area contributed by atoms with Crippen molar-refractivity contribution >= 4 is 33.3 Å². The molecule has 3 rings (SSSR count). The van der Waals surface area contributed by atoms with E-state index in [2.05, 4.69) is 10.3 Å². The Morgan fingerprint density at radius 2 is 1.90 bits per heavy atom. The molecule has 2 aromatic rings. The second-order valence-corrected chi connectivity index (χ2v) is 6.84. The van der Waals surface area contributed by atoms with Crippen LogP contribution in [0.2, 0.25) is 0 Å². The lowest BCUT2D eigenvalue weighted by Gasteiger charge is -2.27. The number of hydrogen-bond acceptors (Lipinski definition) is 4. The van der Waals surface area contributed by atoms with Gasteiger partial charge < -0.3 is 5.32 Å². The Bertz CT molecular complexity index is 743. The van der Waals surface area contributed by atoms with E-state index in [1.54, 1.807) is 22.6 Å². The molecule has 114 valence electrons. The zero-order valence-electron chi connectivity index (χ0n) is 11.7. The van der Waals surface area contributed by atoms with Crippen LogP contribution in [0.3, 0.4) is 0 Å². The van der Waals surface area contributed by atoms with Crippen LogP contribution in [0.4, 0.5) is 0 Å². The third-order valence-corrected chi connectivity index (χ3v) is 5.58. The Morgan fingerprint density at radius 3 is 2.62 bits per heavy atom. The average molecular weight is 328 g/mol. The number of hydrogen-bond donors (Lipinski definition) is 1. The fourth-order valence-electron chi connectivity index (χ4n) is 2.54. The van der Waals surface area contributed by atoms with E-state index < -0.39 is 10.0 Å². The van der Waals surface area contributed by atoms with Crippen LogP contribution >= 0.6 is 12.4 Å². The van der Waals surface area contributed by atoms with Crippen LogP contribution in [0.1, 0.15) is 5.56 Å². The first-order chi connectivity index (χ1) is 9.60. The van der Waals surface area contributed by atoms with E-state index >= 15 is 0 Å². The van der Waals surface area contributed by atoms with Gasteiger partial charge in [-0.15, -0.1) is 12.4 Å². The van der Waals surface area contributed by atoms with Crippen LogP contribution in [-0.4, -0.2) is 43.9 Å². The second kappa shape index (κ2) is 6.27. The van der Waals surface area contributed by atoms with Gasteiger partial charge in [0.1, 0.15) is 0 Å². The van der Waals surface area contributed by atoms with Crippen LogP contribution in [-0.2, 0) is 10.0 Å². The van der Waals surface area contributed by atoms with Gasteiger partial charge >= 0.3 is 0 Å². The maximum Gasteiger partial charge on any atom is 0.243 e. The minimum absolute atomic E-state index is 0. The van der Waals surface area contributed by atoms with E-state index in [0.717, 1.165) is 11.1 Å². The van der Waals surface area contributed by atoms with Crippen molar-refractivity contribution in [1.29, 1.82) is 0 Å². The van der Waals surface area contributed by atoms with Crippen molar-refractivity contribution in [2.45, 2.75) is 11.8 Å². The van der Waals surface area contributed by atoms with Crippen LogP contribution in [0.25, 0.3) is 10.9 Å². The fourth-order valence-corrected chi connectivity index (χ4v) is 4.16. The number of aryl methyl sites for hydroxylation is 1. The summed E-state index contributed by atoms with van der Waals surface area (Å²) in [7, 11) is -3.45. The van der Waals surface area contributed by atoms with Gasteiger partial charge in [0.15, 0.2) is 0 Å². The molecule has 7 heteroatoms. The molecule has 5 nitrogen and oxygen atoms in total. The molecule has 0 amide bonds. The van der Waals surface area contributed by atoms with Gasteiger partial charge in [0.25, 0.3) is 0 Å². The largest absolute Gasteiger partial charge is 0.314 e. The van der Waals surface area contributed by atoms with Crippen LogP contribution in [0.15, 0.2) is 35.4 Å². The first-order valence-electron chi connectivity index (χ1n) is 6.66. The SMILES string of the molecule is Cc1ccc(S(=O)(=O)N2CCNCC2)c2cccnc12.Cl. The topological polar surface area (TPSA) is 62.3 Å². The first-order valence-corrected chi connectivity index (χ1v) is 8.10. The van der Waals surface area contributed by atoms with Crippen molar-refractivity contribution in [2.24, 2.45) is 0 Å². The van der Waals surface area contributed by atoms with Crippen molar-refractivity contribution in [2.75, 3.05) is 26.2 Å². The van der Waals surface area contributed by atoms with Gasteiger partial charge in [0, 0.05) is 37.8 Å². The molecule has 0 bridgehead atoms. The lowest BCUT2D eigenvalue weighted by molar-refractivity contribution is 0.360. The number of sulfonamides is 1. The maximum atomic E-state index is 12.8. The number of fused-ring (bicyclic) bond motifs is 1. The number of rotatable bonds is 2. The highest BCUT2D eigenvalue weighted by molar-refractivity contribution is 7.89. The first kappa shape index (κ1) is 16.2. The summed E-state index contributed by atoms with van der Waals surface area (Å²) in [5, 5.41) is 3.87. The van der Waals surface area contributed by atoms with Gasteiger partial charge in [-0.05, 0) is 30.7 Å². The number of nitrogens with one attached hydrogen (secondary N) is 1. The lowest BCUT2D eigenvalue weighted by Crippen LogP contribution is -2.46. The third-order valence-electron chi connectivity index (χ3n) is 3.63. The Hall–Kier alpha value is -1.21. The molecule has 1 N–H and O–H groups in total. The van der Waals surface area contributed by atoms with Crippen molar-refractivity contribution in [3.63, 3.8) is 0 Å². The summed E-state index contributed by atoms with van der Waals surface area (Å²) in [5.74, 6) is 0. The molecule has 0 saturated carbocycles. The van der Waals surface area contributed by atoms with Gasteiger partial charge in [-0.2, -0.15) is 4.31 Å². The Balaban J connectivity index is 0.00000161. The number of nitrogens with zero attached hydrogens (tertiary/aromatic N) is 2. The molecule has 1 aliphatic rings. The van der Waals surface area contributed by atoms with E-state index in [9.17, 15) is 8.42 Å². The van der Waals surface area contributed by atoms with Crippen LogP contribution in [0, 0.1) is 6.92 Å². The predicted octanol–water partition coefficient (Wildman–Crippen LogP) is 1.56. The number of aromatic nitrogens is 1. The Kier molecular flexibility index (Phi) is 4.83. The van der Waals surface area contributed by atoms with Crippen molar-refractivity contribution in [3.8, 4) is 0 Å². The van der Waals surface area contributed by atoms with Gasteiger partial charge in [-0.25, -0.2) is 8.42 Å². The summed E-state index contributed by atoms with van der Waals surface area (Å²) in [6.07, 6.45) is 1.69. The number of pyridine rings is 1. The quantitative estimate of drug-likeness (QED) is 0.909. The molecule has 1 aromatic carbocycles. The van der Waals surface area contributed by atoms with Crippen LogP contribution < -0.4 is 5.32 Å². The van der Waals surface area contributed by atoms with Gasteiger partial charge in [0.05, 0.1) is 10.4 Å². The predicted molar refractivity (Wildman–Crippen MR) is 85.4 cm³/mol. The zero-order chi connectivity index (χ0) is 14.2. The molecule has 0 spiro atoms. The minimum Gasteiger partial charge on any atom is -0.314 e. The van der Waals surface area contributed by atoms with Gasteiger partial charge in [0.2, 0.25) is 10.0 Å². The molecular weight excluding hydrogens is 310 g/mol. The lowest BCUT2D eigenvalue weighted by atomic mass is 10.1. The zero-order valence-corrected chi connectivity index (χ0v) is 13.4. The molecule has 2 heterocycles. The van der Waals surface area contributed by atoms with Crippen molar-refractivity contribution in [1.82, 2.24) is 14.6 Å². The van der Waals surface area contributed by atoms with E-state index in [1.165, 1.54) is 0 Å².